The zero-order valence-electron chi connectivity index (χ0n) is 18.9. The fourth-order valence-electron chi connectivity index (χ4n) is 4.02. The largest absolute Gasteiger partial charge is 0.435 e. The minimum Gasteiger partial charge on any atom is -0.433 e. The van der Waals surface area contributed by atoms with Gasteiger partial charge in [-0.25, -0.2) is 14.7 Å². The molecule has 2 aromatic rings. The van der Waals surface area contributed by atoms with E-state index in [1.54, 1.807) is 10.3 Å². The number of rotatable bonds is 5. The smallest absolute Gasteiger partial charge is 0.433 e. The van der Waals surface area contributed by atoms with E-state index in [1.165, 1.54) is 32.1 Å². The number of likely N-dealkylation sites (tertiary alicyclic amines) is 1. The fourth-order valence-corrected chi connectivity index (χ4v) is 5.00. The van der Waals surface area contributed by atoms with Gasteiger partial charge in [0.1, 0.15) is 6.54 Å². The first-order chi connectivity index (χ1) is 15.8. The Morgan fingerprint density at radius 1 is 1.26 bits per heavy atom. The lowest BCUT2D eigenvalue weighted by Gasteiger charge is -2.31. The second kappa shape index (κ2) is 8.67. The van der Waals surface area contributed by atoms with Gasteiger partial charge in [0.15, 0.2) is 11.3 Å². The van der Waals surface area contributed by atoms with Crippen LogP contribution >= 0.6 is 11.3 Å². The minimum atomic E-state index is -4.55. The molecule has 4 rings (SSSR count). The molecular weight excluding hydrogens is 475 g/mol. The Kier molecular flexibility index (Phi) is 6.17. The molecule has 2 fully saturated rings. The third kappa shape index (κ3) is 4.79. The number of thiazole rings is 1. The number of aromatic nitrogens is 3. The van der Waals surface area contributed by atoms with Gasteiger partial charge in [0, 0.05) is 30.1 Å². The van der Waals surface area contributed by atoms with Crippen LogP contribution in [-0.4, -0.2) is 61.2 Å². The van der Waals surface area contributed by atoms with E-state index in [1.807, 2.05) is 0 Å². The lowest BCUT2D eigenvalue weighted by Crippen LogP contribution is -2.40. The standard InChI is InChI=1S/C21H24F3N5O4S/c1-12-8-15(21(22,23)24)26-29(12)10-16(30)27-6-4-13(5-7-27)17-25-14(11-34-17)9-28-18(31)20(2,3)33-19(28)32/h8,11,13H,4-7,9-10H2,1-3H3. The van der Waals surface area contributed by atoms with Crippen LogP contribution in [0.15, 0.2) is 11.4 Å². The lowest BCUT2D eigenvalue weighted by molar-refractivity contribution is -0.142. The zero-order chi connectivity index (χ0) is 24.8. The second-order valence-electron chi connectivity index (χ2n) is 8.93. The molecule has 0 unspecified atom stereocenters. The molecule has 2 aliphatic heterocycles. The van der Waals surface area contributed by atoms with Gasteiger partial charge in [-0.2, -0.15) is 18.3 Å². The molecule has 2 saturated heterocycles. The summed E-state index contributed by atoms with van der Waals surface area (Å²) in [7, 11) is 0. The van der Waals surface area contributed by atoms with Crippen LogP contribution in [-0.2, 0) is 33.6 Å². The molecule has 2 aromatic heterocycles. The van der Waals surface area contributed by atoms with E-state index in [4.69, 9.17) is 4.74 Å². The molecule has 2 aliphatic rings. The maximum Gasteiger partial charge on any atom is 0.435 e. The summed E-state index contributed by atoms with van der Waals surface area (Å²) >= 11 is 1.44. The molecule has 0 bridgehead atoms. The molecule has 9 nitrogen and oxygen atoms in total. The molecule has 0 aromatic carbocycles. The molecule has 3 amide bonds. The number of cyclic esters (lactones) is 1. The number of ether oxygens (including phenoxy) is 1. The molecule has 0 N–H and O–H groups in total. The average Bonchev–Trinajstić information content (AvgIpc) is 3.42. The summed E-state index contributed by atoms with van der Waals surface area (Å²) in [4.78, 5) is 44.2. The highest BCUT2D eigenvalue weighted by molar-refractivity contribution is 7.09. The molecule has 184 valence electrons. The zero-order valence-corrected chi connectivity index (χ0v) is 19.7. The van der Waals surface area contributed by atoms with E-state index in [9.17, 15) is 27.6 Å². The van der Waals surface area contributed by atoms with Gasteiger partial charge in [0.25, 0.3) is 5.91 Å². The Balaban J connectivity index is 1.32. The van der Waals surface area contributed by atoms with Gasteiger partial charge in [-0.15, -0.1) is 11.3 Å². The Hall–Kier alpha value is -2.96. The van der Waals surface area contributed by atoms with Crippen LogP contribution in [0.1, 0.15) is 54.7 Å². The molecular formula is C21H24F3N5O4S. The van der Waals surface area contributed by atoms with Crippen LogP contribution in [0, 0.1) is 6.92 Å². The summed E-state index contributed by atoms with van der Waals surface area (Å²) in [5, 5.41) is 6.18. The number of amides is 3. The average molecular weight is 500 g/mol. The van der Waals surface area contributed by atoms with Crippen LogP contribution in [0.4, 0.5) is 18.0 Å². The second-order valence-corrected chi connectivity index (χ2v) is 9.82. The molecule has 0 spiro atoms. The van der Waals surface area contributed by atoms with Crippen molar-refractivity contribution < 1.29 is 32.3 Å². The van der Waals surface area contributed by atoms with Crippen molar-refractivity contribution in [3.63, 3.8) is 0 Å². The number of alkyl halides is 3. The highest BCUT2D eigenvalue weighted by atomic mass is 32.1. The number of nitrogens with zero attached hydrogens (tertiary/aromatic N) is 5. The molecule has 13 heteroatoms. The summed E-state index contributed by atoms with van der Waals surface area (Å²) < 4.78 is 44.7. The van der Waals surface area contributed by atoms with Crippen molar-refractivity contribution in [1.82, 2.24) is 24.6 Å². The van der Waals surface area contributed by atoms with Gasteiger partial charge < -0.3 is 9.64 Å². The van der Waals surface area contributed by atoms with Crippen LogP contribution in [0.2, 0.25) is 0 Å². The van der Waals surface area contributed by atoms with Crippen molar-refractivity contribution in [3.05, 3.63) is 33.5 Å². The Labute approximate surface area is 197 Å². The van der Waals surface area contributed by atoms with E-state index < -0.39 is 29.5 Å². The Morgan fingerprint density at radius 2 is 1.94 bits per heavy atom. The van der Waals surface area contributed by atoms with E-state index in [0.29, 0.717) is 31.6 Å². The minimum absolute atomic E-state index is 0.0397. The predicted molar refractivity (Wildman–Crippen MR) is 114 cm³/mol. The number of carbonyl (C=O) groups excluding carboxylic acids is 3. The fraction of sp³-hybridized carbons (Fsp3) is 0.571. The van der Waals surface area contributed by atoms with Crippen LogP contribution < -0.4 is 0 Å². The van der Waals surface area contributed by atoms with Crippen LogP contribution in [0.25, 0.3) is 0 Å². The topological polar surface area (TPSA) is 97.6 Å². The van der Waals surface area contributed by atoms with Gasteiger partial charge in [0.05, 0.1) is 17.2 Å². The molecule has 0 radical (unpaired) electrons. The summed E-state index contributed by atoms with van der Waals surface area (Å²) in [6.07, 6.45) is -3.93. The molecule has 4 heterocycles. The van der Waals surface area contributed by atoms with E-state index in [-0.39, 0.29) is 30.6 Å². The first-order valence-corrected chi connectivity index (χ1v) is 11.6. The molecule has 0 atom stereocenters. The third-order valence-electron chi connectivity index (χ3n) is 5.97. The number of piperidine rings is 1. The van der Waals surface area contributed by atoms with E-state index in [0.717, 1.165) is 20.7 Å². The number of aryl methyl sites for hydroxylation is 1. The van der Waals surface area contributed by atoms with Gasteiger partial charge in [-0.1, -0.05) is 0 Å². The summed E-state index contributed by atoms with van der Waals surface area (Å²) in [6.45, 7) is 5.27. The molecule has 0 saturated carbocycles. The lowest BCUT2D eigenvalue weighted by atomic mass is 9.97. The monoisotopic (exact) mass is 499 g/mol. The number of hydrogen-bond donors (Lipinski definition) is 0. The highest BCUT2D eigenvalue weighted by Gasteiger charge is 2.47. The van der Waals surface area contributed by atoms with E-state index >= 15 is 0 Å². The van der Waals surface area contributed by atoms with Crippen molar-refractivity contribution in [2.24, 2.45) is 0 Å². The van der Waals surface area contributed by atoms with Crippen molar-refractivity contribution in [3.8, 4) is 0 Å². The number of carbonyl (C=O) groups is 3. The van der Waals surface area contributed by atoms with Crippen LogP contribution in [0.5, 0.6) is 0 Å². The predicted octanol–water partition coefficient (Wildman–Crippen LogP) is 3.33. The van der Waals surface area contributed by atoms with Crippen LogP contribution in [0.3, 0.4) is 0 Å². The van der Waals surface area contributed by atoms with Crippen molar-refractivity contribution in [2.75, 3.05) is 13.1 Å². The summed E-state index contributed by atoms with van der Waals surface area (Å²) in [5.74, 6) is -0.579. The number of halogens is 3. The Morgan fingerprint density at radius 3 is 2.50 bits per heavy atom. The quantitative estimate of drug-likeness (QED) is 0.626. The normalized spacial score (nSPS) is 19.1. The summed E-state index contributed by atoms with van der Waals surface area (Å²) in [6, 6.07) is 0.927. The molecule has 34 heavy (non-hydrogen) atoms. The number of imide groups is 1. The Bertz CT molecular complexity index is 1120. The van der Waals surface area contributed by atoms with Gasteiger partial charge in [-0.3, -0.25) is 14.3 Å². The van der Waals surface area contributed by atoms with Crippen molar-refractivity contribution in [2.45, 2.75) is 64.4 Å². The SMILES string of the molecule is Cc1cc(C(F)(F)F)nn1CC(=O)N1CCC(c2nc(CN3C(=O)OC(C)(C)C3=O)cs2)CC1. The van der Waals surface area contributed by atoms with Gasteiger partial charge in [-0.05, 0) is 39.7 Å². The first kappa shape index (κ1) is 24.2. The maximum absolute atomic E-state index is 12.8. The number of hydrogen-bond acceptors (Lipinski definition) is 7. The summed E-state index contributed by atoms with van der Waals surface area (Å²) in [5.41, 5.74) is -1.33. The highest BCUT2D eigenvalue weighted by Crippen LogP contribution is 2.32. The maximum atomic E-state index is 12.8. The third-order valence-corrected chi connectivity index (χ3v) is 7.02. The van der Waals surface area contributed by atoms with E-state index in [2.05, 4.69) is 10.1 Å². The van der Waals surface area contributed by atoms with Crippen molar-refractivity contribution in [1.29, 1.82) is 0 Å². The van der Waals surface area contributed by atoms with Crippen molar-refractivity contribution >= 4 is 29.2 Å². The van der Waals surface area contributed by atoms with Gasteiger partial charge >= 0.3 is 12.3 Å². The first-order valence-electron chi connectivity index (χ1n) is 10.7. The molecule has 0 aliphatic carbocycles. The van der Waals surface area contributed by atoms with Gasteiger partial charge in [0.2, 0.25) is 5.91 Å².